The highest BCUT2D eigenvalue weighted by Gasteiger charge is 2.41. The standard InChI is InChI=1S/C33H41NO/c1-33(2,3)28-18-16-27(17-19-28)32(26-14-8-5-9-15-26)35-31-23-29-20-21-30(24-31)34(29)22-10-13-25-11-6-4-7-12-25/h4-9,11-12,14-19,29-32H,10,13,20-24H2,1-3H3/t29-,30+,31?,32?. The van der Waals surface area contributed by atoms with E-state index in [1.54, 1.807) is 0 Å². The average Bonchev–Trinajstić information content (AvgIpc) is 3.11. The van der Waals surface area contributed by atoms with Crippen molar-refractivity contribution >= 4 is 0 Å². The van der Waals surface area contributed by atoms with Gasteiger partial charge in [-0.1, -0.05) is 106 Å². The molecule has 2 nitrogen and oxygen atoms in total. The number of benzene rings is 3. The summed E-state index contributed by atoms with van der Waals surface area (Å²) in [7, 11) is 0. The Bertz CT molecular complexity index is 1040. The van der Waals surface area contributed by atoms with Crippen LogP contribution >= 0.6 is 0 Å². The molecule has 0 saturated carbocycles. The molecule has 2 heteroatoms. The molecule has 2 unspecified atom stereocenters. The van der Waals surface area contributed by atoms with Gasteiger partial charge in [-0.05, 0) is 72.7 Å². The maximum Gasteiger partial charge on any atom is 0.108 e. The minimum Gasteiger partial charge on any atom is -0.365 e. The highest BCUT2D eigenvalue weighted by molar-refractivity contribution is 5.34. The van der Waals surface area contributed by atoms with Crippen molar-refractivity contribution in [3.63, 3.8) is 0 Å². The molecule has 0 aromatic heterocycles. The quantitative estimate of drug-likeness (QED) is 0.336. The van der Waals surface area contributed by atoms with Gasteiger partial charge < -0.3 is 4.74 Å². The molecule has 0 spiro atoms. The molecule has 5 rings (SSSR count). The molecule has 4 atom stereocenters. The number of nitrogens with zero attached hydrogens (tertiary/aromatic N) is 1. The van der Waals surface area contributed by atoms with Gasteiger partial charge in [-0.3, -0.25) is 4.90 Å². The molecule has 0 amide bonds. The van der Waals surface area contributed by atoms with Crippen molar-refractivity contribution in [2.75, 3.05) is 6.54 Å². The Morgan fingerprint density at radius 2 is 1.34 bits per heavy atom. The van der Waals surface area contributed by atoms with Gasteiger partial charge in [0.15, 0.2) is 0 Å². The number of hydrogen-bond donors (Lipinski definition) is 0. The fraction of sp³-hybridized carbons (Fsp3) is 0.455. The number of fused-ring (bicyclic) bond motifs is 2. The number of aryl methyl sites for hydroxylation is 1. The van der Waals surface area contributed by atoms with Crippen molar-refractivity contribution in [2.45, 2.75) is 89.0 Å². The van der Waals surface area contributed by atoms with Crippen LogP contribution < -0.4 is 0 Å². The second-order valence-electron chi connectivity index (χ2n) is 11.6. The van der Waals surface area contributed by atoms with Gasteiger partial charge in [0.25, 0.3) is 0 Å². The number of rotatable bonds is 8. The molecule has 35 heavy (non-hydrogen) atoms. The molecular weight excluding hydrogens is 426 g/mol. The van der Waals surface area contributed by atoms with Crippen LogP contribution in [-0.4, -0.2) is 29.6 Å². The van der Waals surface area contributed by atoms with Crippen molar-refractivity contribution < 1.29 is 4.74 Å². The Hall–Kier alpha value is -2.42. The van der Waals surface area contributed by atoms with Gasteiger partial charge in [0.1, 0.15) is 6.10 Å². The van der Waals surface area contributed by atoms with Gasteiger partial charge in [-0.25, -0.2) is 0 Å². The van der Waals surface area contributed by atoms with Crippen molar-refractivity contribution in [2.24, 2.45) is 0 Å². The fourth-order valence-corrected chi connectivity index (χ4v) is 6.14. The van der Waals surface area contributed by atoms with E-state index < -0.39 is 0 Å². The predicted molar refractivity (Wildman–Crippen MR) is 146 cm³/mol. The lowest BCUT2D eigenvalue weighted by atomic mass is 9.86. The first kappa shape index (κ1) is 24.3. The minimum absolute atomic E-state index is 0.000695. The lowest BCUT2D eigenvalue weighted by Gasteiger charge is -2.40. The molecule has 184 valence electrons. The average molecular weight is 468 g/mol. The second-order valence-corrected chi connectivity index (χ2v) is 11.6. The first-order chi connectivity index (χ1) is 17.0. The van der Waals surface area contributed by atoms with Gasteiger partial charge in [0.05, 0.1) is 6.10 Å². The summed E-state index contributed by atoms with van der Waals surface area (Å²) in [5, 5.41) is 0. The van der Waals surface area contributed by atoms with E-state index >= 15 is 0 Å². The second kappa shape index (κ2) is 10.7. The summed E-state index contributed by atoms with van der Waals surface area (Å²) >= 11 is 0. The van der Waals surface area contributed by atoms with Crippen LogP contribution in [0.2, 0.25) is 0 Å². The third kappa shape index (κ3) is 5.88. The van der Waals surface area contributed by atoms with E-state index in [0.717, 1.165) is 12.8 Å². The van der Waals surface area contributed by atoms with E-state index in [2.05, 4.69) is 111 Å². The van der Waals surface area contributed by atoms with Crippen LogP contribution in [0.5, 0.6) is 0 Å². The highest BCUT2D eigenvalue weighted by Crippen LogP contribution is 2.40. The van der Waals surface area contributed by atoms with Crippen LogP contribution in [0.4, 0.5) is 0 Å². The first-order valence-electron chi connectivity index (χ1n) is 13.6. The minimum atomic E-state index is -0.000695. The zero-order valence-corrected chi connectivity index (χ0v) is 21.7. The Kier molecular flexibility index (Phi) is 7.41. The number of piperidine rings is 1. The van der Waals surface area contributed by atoms with E-state index in [4.69, 9.17) is 4.74 Å². The molecule has 2 aliphatic heterocycles. The number of hydrogen-bond acceptors (Lipinski definition) is 2. The Morgan fingerprint density at radius 3 is 1.94 bits per heavy atom. The largest absolute Gasteiger partial charge is 0.365 e. The third-order valence-corrected chi connectivity index (χ3v) is 8.08. The highest BCUT2D eigenvalue weighted by atomic mass is 16.5. The van der Waals surface area contributed by atoms with Crippen molar-refractivity contribution in [1.29, 1.82) is 0 Å². The van der Waals surface area contributed by atoms with Crippen LogP contribution in [0.25, 0.3) is 0 Å². The van der Waals surface area contributed by atoms with Gasteiger partial charge in [0.2, 0.25) is 0 Å². The van der Waals surface area contributed by atoms with Gasteiger partial charge in [0, 0.05) is 12.1 Å². The molecule has 2 fully saturated rings. The molecule has 0 radical (unpaired) electrons. The van der Waals surface area contributed by atoms with E-state index in [-0.39, 0.29) is 11.5 Å². The summed E-state index contributed by atoms with van der Waals surface area (Å²) in [4.78, 5) is 2.80. The van der Waals surface area contributed by atoms with Gasteiger partial charge >= 0.3 is 0 Å². The zero-order chi connectivity index (χ0) is 24.3. The van der Waals surface area contributed by atoms with E-state index in [0.29, 0.717) is 18.2 Å². The lowest BCUT2D eigenvalue weighted by Crippen LogP contribution is -2.46. The molecule has 3 aromatic rings. The van der Waals surface area contributed by atoms with Gasteiger partial charge in [-0.2, -0.15) is 0 Å². The van der Waals surface area contributed by atoms with Crippen molar-refractivity contribution in [1.82, 2.24) is 4.90 Å². The van der Waals surface area contributed by atoms with Crippen molar-refractivity contribution in [3.05, 3.63) is 107 Å². The smallest absolute Gasteiger partial charge is 0.108 e. The van der Waals surface area contributed by atoms with E-state index in [9.17, 15) is 0 Å². The Balaban J connectivity index is 1.25. The third-order valence-electron chi connectivity index (χ3n) is 8.08. The molecule has 2 heterocycles. The lowest BCUT2D eigenvalue weighted by molar-refractivity contribution is -0.0483. The SMILES string of the molecule is CC(C)(C)c1ccc(C(OC2C[C@H]3CC[C@@H](C2)N3CCCc2ccccc2)c2ccccc2)cc1. The molecule has 2 bridgehead atoms. The van der Waals surface area contributed by atoms with Crippen LogP contribution in [0.15, 0.2) is 84.9 Å². The van der Waals surface area contributed by atoms with Gasteiger partial charge in [-0.15, -0.1) is 0 Å². The first-order valence-corrected chi connectivity index (χ1v) is 13.6. The maximum atomic E-state index is 6.97. The van der Waals surface area contributed by atoms with Crippen molar-refractivity contribution in [3.8, 4) is 0 Å². The molecular formula is C33H41NO. The monoisotopic (exact) mass is 467 g/mol. The summed E-state index contributed by atoms with van der Waals surface area (Å²) < 4.78 is 6.97. The topological polar surface area (TPSA) is 12.5 Å². The Morgan fingerprint density at radius 1 is 0.771 bits per heavy atom. The van der Waals surface area contributed by atoms with Crippen LogP contribution in [0.1, 0.15) is 81.2 Å². The predicted octanol–water partition coefficient (Wildman–Crippen LogP) is 7.72. The maximum absolute atomic E-state index is 6.97. The summed E-state index contributed by atoms with van der Waals surface area (Å²) in [5.41, 5.74) is 5.51. The van der Waals surface area contributed by atoms with Crippen LogP contribution in [0, 0.1) is 0 Å². The fourth-order valence-electron chi connectivity index (χ4n) is 6.14. The molecule has 2 saturated heterocycles. The summed E-state index contributed by atoms with van der Waals surface area (Å²) in [6.45, 7) is 8.04. The van der Waals surface area contributed by atoms with Crippen LogP contribution in [0.3, 0.4) is 0 Å². The summed E-state index contributed by atoms with van der Waals surface area (Å²) in [6.07, 6.45) is 7.71. The normalized spacial score (nSPS) is 23.3. The molecule has 3 aromatic carbocycles. The van der Waals surface area contributed by atoms with Crippen LogP contribution in [-0.2, 0) is 16.6 Å². The zero-order valence-electron chi connectivity index (χ0n) is 21.7. The molecule has 0 aliphatic carbocycles. The van der Waals surface area contributed by atoms with E-state index in [1.165, 1.54) is 54.5 Å². The van der Waals surface area contributed by atoms with E-state index in [1.807, 2.05) is 0 Å². The number of ether oxygens (including phenoxy) is 1. The Labute approximate surface area is 212 Å². The molecule has 0 N–H and O–H groups in total. The molecule has 2 aliphatic rings. The summed E-state index contributed by atoms with van der Waals surface area (Å²) in [5.74, 6) is 0. The summed E-state index contributed by atoms with van der Waals surface area (Å²) in [6, 6.07) is 32.2.